The number of hydrogen-bond acceptors (Lipinski definition) is 3. The van der Waals surface area contributed by atoms with E-state index >= 15 is 0 Å². The first-order valence-electron chi connectivity index (χ1n) is 6.84. The van der Waals surface area contributed by atoms with E-state index in [-0.39, 0.29) is 11.9 Å². The van der Waals surface area contributed by atoms with Crippen LogP contribution < -0.4 is 5.32 Å². The molecule has 0 aromatic heterocycles. The maximum Gasteiger partial charge on any atom is 0.311 e. The molecule has 0 aliphatic carbocycles. The lowest BCUT2D eigenvalue weighted by molar-refractivity contribution is -0.149. The molecule has 2 aliphatic heterocycles. The second-order valence-electron chi connectivity index (χ2n) is 5.49. The molecule has 1 amide bonds. The molecule has 0 saturated carbocycles. The van der Waals surface area contributed by atoms with Gasteiger partial charge in [-0.25, -0.2) is 0 Å². The molecule has 2 aliphatic rings. The largest absolute Gasteiger partial charge is 0.481 e. The quantitative estimate of drug-likeness (QED) is 0.780. The Morgan fingerprint density at radius 2 is 2.28 bits per heavy atom. The summed E-state index contributed by atoms with van der Waals surface area (Å²) < 4.78 is 0. The number of carbonyl (C=O) groups excluding carboxylic acids is 1. The summed E-state index contributed by atoms with van der Waals surface area (Å²) in [6, 6.07) is -0.0868. The minimum atomic E-state index is -0.751. The Morgan fingerprint density at radius 3 is 2.83 bits per heavy atom. The van der Waals surface area contributed by atoms with Crippen molar-refractivity contribution in [2.24, 2.45) is 5.41 Å². The normalized spacial score (nSPS) is 31.8. The molecule has 2 atom stereocenters. The minimum Gasteiger partial charge on any atom is -0.481 e. The van der Waals surface area contributed by atoms with Gasteiger partial charge in [-0.15, -0.1) is 0 Å². The standard InChI is InChI=1S/C13H22N2O3/c1-2-5-13(12(17)18)6-8-15(9-13)11(16)10-4-3-7-14-10/h10,14H,2-9H2,1H3,(H,17,18). The van der Waals surface area contributed by atoms with E-state index in [0.717, 1.165) is 25.8 Å². The Bertz CT molecular complexity index is 339. The Hall–Kier alpha value is -1.10. The number of rotatable bonds is 4. The summed E-state index contributed by atoms with van der Waals surface area (Å²) in [6.45, 7) is 3.85. The van der Waals surface area contributed by atoms with Crippen molar-refractivity contribution in [3.8, 4) is 0 Å². The van der Waals surface area contributed by atoms with Crippen LogP contribution in [0, 0.1) is 5.41 Å². The summed E-state index contributed by atoms with van der Waals surface area (Å²) in [5.41, 5.74) is -0.705. The average Bonchev–Trinajstić information content (AvgIpc) is 2.98. The van der Waals surface area contributed by atoms with Gasteiger partial charge in [-0.2, -0.15) is 0 Å². The summed E-state index contributed by atoms with van der Waals surface area (Å²) >= 11 is 0. The molecule has 0 bridgehead atoms. The van der Waals surface area contributed by atoms with Crippen molar-refractivity contribution in [2.75, 3.05) is 19.6 Å². The lowest BCUT2D eigenvalue weighted by atomic mass is 9.83. The van der Waals surface area contributed by atoms with Crippen molar-refractivity contribution in [1.29, 1.82) is 0 Å². The fraction of sp³-hybridized carbons (Fsp3) is 0.846. The number of carboxylic acids is 1. The van der Waals surface area contributed by atoms with E-state index in [1.165, 1.54) is 0 Å². The van der Waals surface area contributed by atoms with Crippen molar-refractivity contribution in [3.05, 3.63) is 0 Å². The smallest absolute Gasteiger partial charge is 0.311 e. The van der Waals surface area contributed by atoms with Crippen LogP contribution in [0.15, 0.2) is 0 Å². The van der Waals surface area contributed by atoms with Crippen molar-refractivity contribution in [2.45, 2.75) is 45.1 Å². The summed E-state index contributed by atoms with van der Waals surface area (Å²) in [6.07, 6.45) is 4.00. The Kier molecular flexibility index (Phi) is 3.90. The minimum absolute atomic E-state index is 0.0868. The second-order valence-corrected chi connectivity index (χ2v) is 5.49. The summed E-state index contributed by atoms with van der Waals surface area (Å²) in [4.78, 5) is 25.4. The zero-order chi connectivity index (χ0) is 13.2. The van der Waals surface area contributed by atoms with E-state index in [4.69, 9.17) is 0 Å². The molecule has 0 aromatic carbocycles. The highest BCUT2D eigenvalue weighted by molar-refractivity contribution is 5.84. The summed E-state index contributed by atoms with van der Waals surface area (Å²) in [5.74, 6) is -0.661. The topological polar surface area (TPSA) is 69.6 Å². The molecule has 2 rings (SSSR count). The van der Waals surface area contributed by atoms with Gasteiger partial charge in [0, 0.05) is 13.1 Å². The number of nitrogens with zero attached hydrogens (tertiary/aromatic N) is 1. The van der Waals surface area contributed by atoms with E-state index in [1.54, 1.807) is 4.90 Å². The third-order valence-corrected chi connectivity index (χ3v) is 4.21. The van der Waals surface area contributed by atoms with E-state index in [0.29, 0.717) is 25.9 Å². The van der Waals surface area contributed by atoms with E-state index in [1.807, 2.05) is 6.92 Å². The molecule has 0 spiro atoms. The first-order valence-corrected chi connectivity index (χ1v) is 6.84. The molecule has 2 unspecified atom stereocenters. The number of amides is 1. The maximum absolute atomic E-state index is 12.2. The van der Waals surface area contributed by atoms with Gasteiger partial charge in [-0.3, -0.25) is 9.59 Å². The van der Waals surface area contributed by atoms with E-state index in [2.05, 4.69) is 5.32 Å². The van der Waals surface area contributed by atoms with Crippen LogP contribution in [0.5, 0.6) is 0 Å². The molecular weight excluding hydrogens is 232 g/mol. The van der Waals surface area contributed by atoms with Crippen LogP contribution in [0.3, 0.4) is 0 Å². The van der Waals surface area contributed by atoms with Gasteiger partial charge in [0.25, 0.3) is 0 Å². The molecule has 2 fully saturated rings. The molecule has 0 radical (unpaired) electrons. The first kappa shape index (κ1) is 13.3. The van der Waals surface area contributed by atoms with Gasteiger partial charge in [-0.05, 0) is 32.2 Å². The van der Waals surface area contributed by atoms with Crippen LogP contribution >= 0.6 is 0 Å². The van der Waals surface area contributed by atoms with Gasteiger partial charge >= 0.3 is 5.97 Å². The number of carbonyl (C=O) groups is 2. The molecule has 18 heavy (non-hydrogen) atoms. The van der Waals surface area contributed by atoms with Crippen LogP contribution in [0.4, 0.5) is 0 Å². The van der Waals surface area contributed by atoms with Crippen LogP contribution in [0.2, 0.25) is 0 Å². The second kappa shape index (κ2) is 5.26. The number of carboxylic acid groups (broad SMARTS) is 1. The molecule has 2 N–H and O–H groups in total. The fourth-order valence-corrected chi connectivity index (χ4v) is 3.14. The number of nitrogens with one attached hydrogen (secondary N) is 1. The number of hydrogen-bond donors (Lipinski definition) is 2. The molecule has 2 heterocycles. The molecule has 2 saturated heterocycles. The maximum atomic E-state index is 12.2. The molecule has 5 heteroatoms. The zero-order valence-corrected chi connectivity index (χ0v) is 10.9. The number of aliphatic carboxylic acids is 1. The molecule has 102 valence electrons. The Labute approximate surface area is 108 Å². The van der Waals surface area contributed by atoms with E-state index in [9.17, 15) is 14.7 Å². The number of likely N-dealkylation sites (tertiary alicyclic amines) is 1. The van der Waals surface area contributed by atoms with E-state index < -0.39 is 11.4 Å². The third kappa shape index (κ3) is 2.36. The summed E-state index contributed by atoms with van der Waals surface area (Å²) in [7, 11) is 0. The Balaban J connectivity index is 2.01. The van der Waals surface area contributed by atoms with Crippen LogP contribution in [-0.4, -0.2) is 47.6 Å². The lowest BCUT2D eigenvalue weighted by Crippen LogP contribution is -2.44. The molecule has 5 nitrogen and oxygen atoms in total. The van der Waals surface area contributed by atoms with Crippen molar-refractivity contribution >= 4 is 11.9 Å². The highest BCUT2D eigenvalue weighted by Crippen LogP contribution is 2.36. The lowest BCUT2D eigenvalue weighted by Gasteiger charge is -2.25. The first-order chi connectivity index (χ1) is 8.59. The van der Waals surface area contributed by atoms with Gasteiger partial charge in [-0.1, -0.05) is 13.3 Å². The zero-order valence-electron chi connectivity index (χ0n) is 10.9. The predicted molar refractivity (Wildman–Crippen MR) is 67.2 cm³/mol. The highest BCUT2D eigenvalue weighted by atomic mass is 16.4. The van der Waals surface area contributed by atoms with Crippen molar-refractivity contribution < 1.29 is 14.7 Å². The van der Waals surface area contributed by atoms with Crippen molar-refractivity contribution in [3.63, 3.8) is 0 Å². The van der Waals surface area contributed by atoms with Crippen LogP contribution in [0.1, 0.15) is 39.0 Å². The monoisotopic (exact) mass is 254 g/mol. The fourth-order valence-electron chi connectivity index (χ4n) is 3.14. The SMILES string of the molecule is CCCC1(C(=O)O)CCN(C(=O)C2CCCN2)C1. The van der Waals surface area contributed by atoms with Gasteiger partial charge < -0.3 is 15.3 Å². The molecule has 0 aromatic rings. The van der Waals surface area contributed by atoms with Crippen molar-refractivity contribution in [1.82, 2.24) is 10.2 Å². The third-order valence-electron chi connectivity index (χ3n) is 4.21. The molecular formula is C13H22N2O3. The van der Waals surface area contributed by atoms with Gasteiger partial charge in [0.05, 0.1) is 11.5 Å². The van der Waals surface area contributed by atoms with Gasteiger partial charge in [0.1, 0.15) is 0 Å². The predicted octanol–water partition coefficient (Wildman–Crippen LogP) is 0.842. The Morgan fingerprint density at radius 1 is 1.50 bits per heavy atom. The van der Waals surface area contributed by atoms with Crippen LogP contribution in [-0.2, 0) is 9.59 Å². The van der Waals surface area contributed by atoms with Crippen LogP contribution in [0.25, 0.3) is 0 Å². The van der Waals surface area contributed by atoms with Gasteiger partial charge in [0.2, 0.25) is 5.91 Å². The average molecular weight is 254 g/mol. The van der Waals surface area contributed by atoms with Gasteiger partial charge in [0.15, 0.2) is 0 Å². The highest BCUT2D eigenvalue weighted by Gasteiger charge is 2.46. The summed E-state index contributed by atoms with van der Waals surface area (Å²) in [5, 5.41) is 12.6.